The van der Waals surface area contributed by atoms with Gasteiger partial charge in [0.15, 0.2) is 5.78 Å². The lowest BCUT2D eigenvalue weighted by atomic mass is 9.73. The predicted octanol–water partition coefficient (Wildman–Crippen LogP) is 4.11. The van der Waals surface area contributed by atoms with Crippen LogP contribution in [0, 0.1) is 41.6 Å². The number of ether oxygens (including phenoxy) is 2. The number of methoxy groups -OCH3 is 1. The van der Waals surface area contributed by atoms with E-state index in [1.807, 2.05) is 60.3 Å². The van der Waals surface area contributed by atoms with Gasteiger partial charge in [-0.2, -0.15) is 0 Å². The number of likely N-dealkylation sites (N-methyl/N-ethyl adjacent to an activating group) is 2. The molecule has 319 valence electrons. The molecule has 14 nitrogen and oxygen atoms in total. The molecule has 0 aromatic heterocycles. The quantitative estimate of drug-likeness (QED) is 0.0786. The van der Waals surface area contributed by atoms with E-state index in [9.17, 15) is 33.6 Å². The molecule has 57 heavy (non-hydrogen) atoms. The molecule has 0 bridgehead atoms. The Morgan fingerprint density at radius 3 is 2.09 bits per heavy atom. The van der Waals surface area contributed by atoms with Crippen LogP contribution in [0.2, 0.25) is 6.32 Å². The second-order valence-corrected chi connectivity index (χ2v) is 16.3. The van der Waals surface area contributed by atoms with Gasteiger partial charge in [-0.15, -0.1) is 5.06 Å². The normalized spacial score (nSPS) is 19.4. The van der Waals surface area contributed by atoms with Crippen molar-refractivity contribution in [2.75, 3.05) is 34.2 Å². The van der Waals surface area contributed by atoms with Crippen molar-refractivity contribution >= 4 is 48.4 Å². The number of hydrogen-bond donors (Lipinski definition) is 0. The van der Waals surface area contributed by atoms with Gasteiger partial charge in [0.05, 0.1) is 36.6 Å². The second kappa shape index (κ2) is 23.6. The average Bonchev–Trinajstić information content (AvgIpc) is 3.78. The van der Waals surface area contributed by atoms with E-state index < -0.39 is 53.9 Å². The zero-order valence-corrected chi connectivity index (χ0v) is 36.5. The third-order valence-electron chi connectivity index (χ3n) is 11.6. The highest BCUT2D eigenvalue weighted by atomic mass is 16.7. The van der Waals surface area contributed by atoms with Gasteiger partial charge in [0, 0.05) is 65.5 Å². The van der Waals surface area contributed by atoms with Crippen molar-refractivity contribution in [1.29, 1.82) is 0 Å². The van der Waals surface area contributed by atoms with Crippen LogP contribution in [-0.4, -0.2) is 133 Å². The number of nitrogens with zero attached hydrogens (tertiary/aromatic N) is 4. The maximum atomic E-state index is 14.5. The zero-order valence-electron chi connectivity index (χ0n) is 36.5. The van der Waals surface area contributed by atoms with E-state index in [1.165, 1.54) is 0 Å². The van der Waals surface area contributed by atoms with Crippen molar-refractivity contribution in [3.05, 3.63) is 0 Å². The molecular formula is C42H68BN4O10. The molecule has 0 unspecified atom stereocenters. The van der Waals surface area contributed by atoms with E-state index in [0.717, 1.165) is 6.42 Å². The zero-order chi connectivity index (χ0) is 43.1. The molecule has 0 aromatic carbocycles. The number of amides is 4. The molecule has 0 spiro atoms. The van der Waals surface area contributed by atoms with Crippen LogP contribution in [0.25, 0.3) is 0 Å². The van der Waals surface area contributed by atoms with Gasteiger partial charge in [-0.25, -0.2) is 0 Å². The number of hydrogen-bond acceptors (Lipinski definition) is 11. The van der Waals surface area contributed by atoms with Crippen molar-refractivity contribution in [3.63, 3.8) is 0 Å². The first-order valence-electron chi connectivity index (χ1n) is 20.7. The molecule has 2 saturated heterocycles. The van der Waals surface area contributed by atoms with Crippen LogP contribution in [0.3, 0.4) is 0 Å². The molecule has 2 rings (SSSR count). The molecule has 0 aromatic rings. The maximum absolute atomic E-state index is 14.5. The van der Waals surface area contributed by atoms with Gasteiger partial charge >= 0.3 is 5.97 Å². The van der Waals surface area contributed by atoms with E-state index in [0.29, 0.717) is 30.9 Å². The molecule has 0 N–H and O–H groups in total. The summed E-state index contributed by atoms with van der Waals surface area (Å²) in [5, 5.41) is 0.511. The van der Waals surface area contributed by atoms with E-state index in [1.54, 1.807) is 45.2 Å². The lowest BCUT2D eigenvalue weighted by molar-refractivity contribution is -0.195. The number of carbonyl (C=O) groups is 7. The van der Waals surface area contributed by atoms with Crippen molar-refractivity contribution in [2.24, 2.45) is 29.6 Å². The highest BCUT2D eigenvalue weighted by molar-refractivity contribution is 6.41. The monoisotopic (exact) mass is 800 g/mol. The Morgan fingerprint density at radius 1 is 0.930 bits per heavy atom. The van der Waals surface area contributed by atoms with Gasteiger partial charge in [0.2, 0.25) is 11.8 Å². The Bertz CT molecular complexity index is 1460. The third kappa shape index (κ3) is 13.4. The molecule has 4 amide bonds. The predicted molar refractivity (Wildman–Crippen MR) is 216 cm³/mol. The second-order valence-electron chi connectivity index (χ2n) is 16.3. The molecule has 2 aliphatic rings. The van der Waals surface area contributed by atoms with Crippen molar-refractivity contribution in [3.8, 4) is 12.0 Å². The molecular weight excluding hydrogens is 731 g/mol. The molecule has 0 aliphatic carbocycles. The van der Waals surface area contributed by atoms with E-state index in [4.69, 9.17) is 14.3 Å². The fraction of sp³-hybridized carbons (Fsp3) is 0.786. The van der Waals surface area contributed by atoms with Gasteiger partial charge in [-0.1, -0.05) is 67.7 Å². The largest absolute Gasteiger partial charge is 0.440 e. The Hall–Kier alpha value is -3.77. The van der Waals surface area contributed by atoms with Gasteiger partial charge in [0.25, 0.3) is 11.8 Å². The topological polar surface area (TPSA) is 160 Å². The molecule has 2 aliphatic heterocycles. The van der Waals surface area contributed by atoms with Crippen molar-refractivity contribution in [2.45, 2.75) is 150 Å². The van der Waals surface area contributed by atoms with E-state index in [2.05, 4.69) is 12.0 Å². The molecule has 15 heteroatoms. The number of hydroxylamine groups is 2. The summed E-state index contributed by atoms with van der Waals surface area (Å²) in [6.07, 6.45) is 4.06. The lowest BCUT2D eigenvalue weighted by Crippen LogP contribution is -2.54. The molecule has 2 fully saturated rings. The number of carbonyl (C=O) groups excluding carboxylic acids is 7. The summed E-state index contributed by atoms with van der Waals surface area (Å²) < 4.78 is 11.9. The number of likely N-dealkylation sites (tertiary alicyclic amines) is 1. The number of rotatable bonds is 24. The SMILES string of the molecule is CC#CO[C@H]([C@@H](C)C(=O)CC)[C@@H]1CCCN1C(=O)C[C@@H](OC)[C@H]([C@@H](C)CC)N(C)C(=O)[C@@H](CC(=O)[C@H](C(C)C)N(C)C[B]CC(=O)ON1C(=O)CCC1=O)C(C)C. The van der Waals surface area contributed by atoms with E-state index >= 15 is 0 Å². The smallest absolute Gasteiger partial charge is 0.325 e. The molecule has 1 radical (unpaired) electrons. The Kier molecular flexibility index (Phi) is 20.4. The number of Topliss-reactive ketones (excluding diaryl/α,β-unsaturated/α-hetero) is 2. The minimum absolute atomic E-state index is 0.00637. The van der Waals surface area contributed by atoms with E-state index in [-0.39, 0.29) is 85.6 Å². The van der Waals surface area contributed by atoms with Crippen LogP contribution in [0.1, 0.15) is 114 Å². The van der Waals surface area contributed by atoms with Crippen molar-refractivity contribution < 1.29 is 47.9 Å². The summed E-state index contributed by atoms with van der Waals surface area (Å²) in [7, 11) is 6.67. The number of imide groups is 1. The van der Waals surface area contributed by atoms with Crippen molar-refractivity contribution in [1.82, 2.24) is 19.8 Å². The first-order valence-corrected chi connectivity index (χ1v) is 20.7. The fourth-order valence-electron chi connectivity index (χ4n) is 8.24. The first-order chi connectivity index (χ1) is 26.9. The minimum Gasteiger partial charge on any atom is -0.440 e. The lowest BCUT2D eigenvalue weighted by Gasteiger charge is -2.41. The van der Waals surface area contributed by atoms with Crippen LogP contribution < -0.4 is 0 Å². The molecule has 8 atom stereocenters. The third-order valence-corrected chi connectivity index (χ3v) is 11.6. The first kappa shape index (κ1) is 49.4. The Labute approximate surface area is 341 Å². The van der Waals surface area contributed by atoms with Gasteiger partial charge < -0.3 is 29.0 Å². The summed E-state index contributed by atoms with van der Waals surface area (Å²) in [4.78, 5) is 102. The summed E-state index contributed by atoms with van der Waals surface area (Å²) in [6, 6.07) is -1.37. The van der Waals surface area contributed by atoms with Gasteiger partial charge in [0.1, 0.15) is 25.3 Å². The van der Waals surface area contributed by atoms with Crippen LogP contribution in [0.4, 0.5) is 0 Å². The highest BCUT2D eigenvalue weighted by Gasteiger charge is 2.44. The van der Waals surface area contributed by atoms with Crippen LogP contribution in [0.5, 0.6) is 0 Å². The summed E-state index contributed by atoms with van der Waals surface area (Å²) in [5.74, 6) is -0.978. The Balaban J connectivity index is 2.22. The minimum atomic E-state index is -0.752. The van der Waals surface area contributed by atoms with Gasteiger partial charge in [-0.05, 0) is 44.1 Å². The molecule has 0 saturated carbocycles. The maximum Gasteiger partial charge on any atom is 0.325 e. The summed E-state index contributed by atoms with van der Waals surface area (Å²) >= 11 is 0. The molecule has 2 heterocycles. The highest BCUT2D eigenvalue weighted by Crippen LogP contribution is 2.31. The average molecular weight is 800 g/mol. The van der Waals surface area contributed by atoms with Crippen LogP contribution >= 0.6 is 0 Å². The summed E-state index contributed by atoms with van der Waals surface area (Å²) in [5.41, 5.74) is 0. The Morgan fingerprint density at radius 2 is 1.56 bits per heavy atom. The summed E-state index contributed by atoms with van der Waals surface area (Å²) in [6.45, 7) is 17.6. The standard InChI is InChI=1S/C42H68BN4O10/c1-13-21-56-41(29(9)32(48)15-3)31-17-16-20-46(31)37(52)23-34(55-12)40(28(8)14-2)45(11)42(54)30(26(4)5)22-33(49)39(27(6)7)44(10)25-43-24-38(53)57-47-35(50)18-19-36(47)51/h26-31,34,39-41H,14-20,22-25H2,1-12H3/t28-,29-,30-,31-,34+,39-,40-,41+/m0/s1. The van der Waals surface area contributed by atoms with Crippen LogP contribution in [0.15, 0.2) is 0 Å². The van der Waals surface area contributed by atoms with Gasteiger partial charge in [-0.3, -0.25) is 33.6 Å². The van der Waals surface area contributed by atoms with Crippen LogP contribution in [-0.2, 0) is 47.9 Å². The number of ketones is 2. The fourth-order valence-corrected chi connectivity index (χ4v) is 8.24.